The van der Waals surface area contributed by atoms with E-state index in [1.54, 1.807) is 0 Å². The van der Waals surface area contributed by atoms with E-state index in [1.807, 2.05) is 24.3 Å². The lowest BCUT2D eigenvalue weighted by Crippen LogP contribution is -2.40. The van der Waals surface area contributed by atoms with Crippen LogP contribution < -0.4 is 11.1 Å². The second kappa shape index (κ2) is 6.40. The molecule has 0 bridgehead atoms. The number of amidine groups is 1. The fraction of sp³-hybridized carbons (Fsp3) is 0.500. The molecule has 100 valence electrons. The Labute approximate surface area is 109 Å². The van der Waals surface area contributed by atoms with Crippen molar-refractivity contribution in [3.63, 3.8) is 0 Å². The van der Waals surface area contributed by atoms with E-state index in [4.69, 9.17) is 10.9 Å². The Balaban J connectivity index is 2.65. The van der Waals surface area contributed by atoms with E-state index in [0.29, 0.717) is 0 Å². The van der Waals surface area contributed by atoms with Crippen LogP contribution in [0.2, 0.25) is 0 Å². The van der Waals surface area contributed by atoms with Crippen molar-refractivity contribution in [2.45, 2.75) is 45.7 Å². The zero-order valence-electron chi connectivity index (χ0n) is 11.4. The number of nitrogens with two attached hydrogens (primary N) is 1. The monoisotopic (exact) mass is 249 g/mol. The van der Waals surface area contributed by atoms with Gasteiger partial charge in [0.15, 0.2) is 5.84 Å². The summed E-state index contributed by atoms with van der Waals surface area (Å²) in [6.45, 7) is 7.45. The zero-order chi connectivity index (χ0) is 13.6. The van der Waals surface area contributed by atoms with Crippen LogP contribution in [0, 0.1) is 0 Å². The lowest BCUT2D eigenvalue weighted by Gasteiger charge is -2.28. The minimum absolute atomic E-state index is 0.140. The molecule has 0 aliphatic carbocycles. The van der Waals surface area contributed by atoms with Gasteiger partial charge in [-0.1, -0.05) is 43.3 Å². The Hall–Kier alpha value is -1.55. The Morgan fingerprint density at radius 3 is 2.28 bits per heavy atom. The molecule has 18 heavy (non-hydrogen) atoms. The lowest BCUT2D eigenvalue weighted by atomic mass is 9.95. The van der Waals surface area contributed by atoms with E-state index < -0.39 is 0 Å². The van der Waals surface area contributed by atoms with Crippen molar-refractivity contribution < 1.29 is 5.21 Å². The first kappa shape index (κ1) is 14.5. The molecule has 0 aromatic heterocycles. The molecule has 0 unspecified atom stereocenters. The summed E-state index contributed by atoms with van der Waals surface area (Å²) in [5.74, 6) is 0.140. The first-order chi connectivity index (χ1) is 8.54. The summed E-state index contributed by atoms with van der Waals surface area (Å²) in [6.07, 6.45) is 2.21. The van der Waals surface area contributed by atoms with Crippen LogP contribution in [0.4, 0.5) is 0 Å². The van der Waals surface area contributed by atoms with Gasteiger partial charge in [0.1, 0.15) is 0 Å². The molecule has 0 spiro atoms. The van der Waals surface area contributed by atoms with Crippen LogP contribution >= 0.6 is 0 Å². The number of hydrogen-bond acceptors (Lipinski definition) is 3. The van der Waals surface area contributed by atoms with Crippen LogP contribution in [0.5, 0.6) is 0 Å². The van der Waals surface area contributed by atoms with Crippen molar-refractivity contribution >= 4 is 5.84 Å². The molecule has 0 saturated carbocycles. The van der Waals surface area contributed by atoms with Gasteiger partial charge in [-0.2, -0.15) is 0 Å². The van der Waals surface area contributed by atoms with Crippen molar-refractivity contribution in [1.82, 2.24) is 5.32 Å². The quantitative estimate of drug-likeness (QED) is 0.314. The minimum Gasteiger partial charge on any atom is -0.409 e. The molecule has 0 saturated heterocycles. The maximum atomic E-state index is 8.58. The van der Waals surface area contributed by atoms with Gasteiger partial charge < -0.3 is 16.3 Å². The first-order valence-corrected chi connectivity index (χ1v) is 6.36. The highest BCUT2D eigenvalue weighted by molar-refractivity contribution is 5.96. The van der Waals surface area contributed by atoms with Gasteiger partial charge in [-0.25, -0.2) is 0 Å². The highest BCUT2D eigenvalue weighted by Crippen LogP contribution is 2.15. The molecule has 0 atom stereocenters. The highest BCUT2D eigenvalue weighted by atomic mass is 16.4. The summed E-state index contributed by atoms with van der Waals surface area (Å²) in [7, 11) is 0. The SMILES string of the molecule is CCC(C)(CC)NCc1ccc(/C(N)=N/O)cc1. The summed E-state index contributed by atoms with van der Waals surface area (Å²) >= 11 is 0. The Bertz CT molecular complexity index is 394. The smallest absolute Gasteiger partial charge is 0.170 e. The van der Waals surface area contributed by atoms with Gasteiger partial charge >= 0.3 is 0 Å². The molecule has 0 heterocycles. The molecule has 1 aromatic carbocycles. The van der Waals surface area contributed by atoms with E-state index >= 15 is 0 Å². The van der Waals surface area contributed by atoms with E-state index in [-0.39, 0.29) is 11.4 Å². The molecule has 4 N–H and O–H groups in total. The third-order valence-electron chi connectivity index (χ3n) is 3.64. The van der Waals surface area contributed by atoms with E-state index in [0.717, 1.165) is 24.9 Å². The molecule has 1 rings (SSSR count). The fourth-order valence-electron chi connectivity index (χ4n) is 1.67. The number of hydrogen-bond donors (Lipinski definition) is 3. The Morgan fingerprint density at radius 2 is 1.83 bits per heavy atom. The van der Waals surface area contributed by atoms with E-state index in [1.165, 1.54) is 5.56 Å². The second-order valence-electron chi connectivity index (χ2n) is 4.80. The normalized spacial score (nSPS) is 12.7. The number of oxime groups is 1. The fourth-order valence-corrected chi connectivity index (χ4v) is 1.67. The second-order valence-corrected chi connectivity index (χ2v) is 4.80. The molecule has 1 aromatic rings. The van der Waals surface area contributed by atoms with Gasteiger partial charge in [-0.05, 0) is 25.3 Å². The van der Waals surface area contributed by atoms with Gasteiger partial charge in [0.2, 0.25) is 0 Å². The molecule has 0 amide bonds. The van der Waals surface area contributed by atoms with Crippen LogP contribution in [0.15, 0.2) is 29.4 Å². The Kier molecular flexibility index (Phi) is 5.16. The third kappa shape index (κ3) is 3.74. The standard InChI is InChI=1S/C14H23N3O/c1-4-14(3,5-2)16-10-11-6-8-12(9-7-11)13(15)17-18/h6-9,16,18H,4-5,10H2,1-3H3,(H2,15,17). The van der Waals surface area contributed by atoms with E-state index in [2.05, 4.69) is 31.2 Å². The maximum Gasteiger partial charge on any atom is 0.170 e. The van der Waals surface area contributed by atoms with Crippen LogP contribution in [-0.2, 0) is 6.54 Å². The number of nitrogens with one attached hydrogen (secondary N) is 1. The largest absolute Gasteiger partial charge is 0.409 e. The molecule has 0 radical (unpaired) electrons. The zero-order valence-corrected chi connectivity index (χ0v) is 11.4. The van der Waals surface area contributed by atoms with E-state index in [9.17, 15) is 0 Å². The van der Waals surface area contributed by atoms with Gasteiger partial charge in [-0.3, -0.25) is 0 Å². The van der Waals surface area contributed by atoms with Crippen molar-refractivity contribution in [3.8, 4) is 0 Å². The summed E-state index contributed by atoms with van der Waals surface area (Å²) in [5, 5.41) is 15.1. The van der Waals surface area contributed by atoms with Crippen molar-refractivity contribution in [3.05, 3.63) is 35.4 Å². The van der Waals surface area contributed by atoms with Crippen molar-refractivity contribution in [2.75, 3.05) is 0 Å². The van der Waals surface area contributed by atoms with Gasteiger partial charge in [0.05, 0.1) is 0 Å². The van der Waals surface area contributed by atoms with Crippen LogP contribution in [0.3, 0.4) is 0 Å². The average Bonchev–Trinajstić information content (AvgIpc) is 2.44. The topological polar surface area (TPSA) is 70.6 Å². The molecular formula is C14H23N3O. The summed E-state index contributed by atoms with van der Waals surface area (Å²) in [6, 6.07) is 7.71. The van der Waals surface area contributed by atoms with Gasteiger partial charge in [0, 0.05) is 17.6 Å². The number of nitrogens with zero attached hydrogens (tertiary/aromatic N) is 1. The van der Waals surface area contributed by atoms with Gasteiger partial charge in [0.25, 0.3) is 0 Å². The highest BCUT2D eigenvalue weighted by Gasteiger charge is 2.17. The van der Waals surface area contributed by atoms with Crippen molar-refractivity contribution in [2.24, 2.45) is 10.9 Å². The number of rotatable bonds is 6. The van der Waals surface area contributed by atoms with Gasteiger partial charge in [-0.15, -0.1) is 0 Å². The molecular weight excluding hydrogens is 226 g/mol. The summed E-state index contributed by atoms with van der Waals surface area (Å²) in [4.78, 5) is 0. The first-order valence-electron chi connectivity index (χ1n) is 6.36. The average molecular weight is 249 g/mol. The molecule has 4 nitrogen and oxygen atoms in total. The van der Waals surface area contributed by atoms with Crippen LogP contribution in [0.25, 0.3) is 0 Å². The molecule has 4 heteroatoms. The number of benzene rings is 1. The molecule has 0 fully saturated rings. The predicted molar refractivity (Wildman–Crippen MR) is 74.8 cm³/mol. The maximum absolute atomic E-state index is 8.58. The minimum atomic E-state index is 0.140. The Morgan fingerprint density at radius 1 is 1.28 bits per heavy atom. The van der Waals surface area contributed by atoms with Crippen LogP contribution in [0.1, 0.15) is 44.7 Å². The molecule has 0 aliphatic heterocycles. The lowest BCUT2D eigenvalue weighted by molar-refractivity contribution is 0.318. The third-order valence-corrected chi connectivity index (χ3v) is 3.64. The van der Waals surface area contributed by atoms with Crippen molar-refractivity contribution in [1.29, 1.82) is 0 Å². The van der Waals surface area contributed by atoms with Crippen LogP contribution in [-0.4, -0.2) is 16.6 Å². The summed E-state index contributed by atoms with van der Waals surface area (Å²) < 4.78 is 0. The predicted octanol–water partition coefficient (Wildman–Crippen LogP) is 2.45. The molecule has 0 aliphatic rings. The summed E-state index contributed by atoms with van der Waals surface area (Å²) in [5.41, 5.74) is 7.62.